The fraction of sp³-hybridized carbons (Fsp3) is 0.324. The number of benzene rings is 4. The van der Waals surface area contributed by atoms with Crippen LogP contribution in [0.3, 0.4) is 0 Å². The van der Waals surface area contributed by atoms with Crippen LogP contribution in [0, 0.1) is 19.3 Å². The summed E-state index contributed by atoms with van der Waals surface area (Å²) in [7, 11) is 2.23. The fourth-order valence-electron chi connectivity index (χ4n) is 6.12. The Hall–Kier alpha value is -2.30. The molecule has 1 aromatic heterocycles. The Morgan fingerprint density at radius 1 is 0.838 bits per heavy atom. The number of nitrogens with zero attached hydrogens (tertiary/aromatic N) is 1. The number of fused-ring (bicyclic) bond motifs is 5. The molecule has 0 fully saturated rings. The first-order chi connectivity index (χ1) is 17.3. The van der Waals surface area contributed by atoms with Crippen molar-refractivity contribution in [1.29, 1.82) is 0 Å². The van der Waals surface area contributed by atoms with Gasteiger partial charge in [0.2, 0.25) is 0 Å². The molecule has 1 aliphatic rings. The van der Waals surface area contributed by atoms with E-state index in [9.17, 15) is 0 Å². The Bertz CT molecular complexity index is 1770. The van der Waals surface area contributed by atoms with E-state index in [1.807, 2.05) is 11.8 Å². The van der Waals surface area contributed by atoms with Crippen LogP contribution in [0.4, 0.5) is 0 Å². The second-order valence-electron chi connectivity index (χ2n) is 13.3. The first kappa shape index (κ1) is 25.0. The molecule has 2 heterocycles. The maximum atomic E-state index is 2.51. The Kier molecular flexibility index (Phi) is 5.64. The van der Waals surface area contributed by atoms with Crippen molar-refractivity contribution >= 4 is 61.7 Å². The van der Waals surface area contributed by atoms with Gasteiger partial charge in [0.25, 0.3) is 0 Å². The summed E-state index contributed by atoms with van der Waals surface area (Å²) < 4.78 is 3.95. The van der Waals surface area contributed by atoms with E-state index in [1.54, 1.807) is 4.40 Å². The second-order valence-corrected chi connectivity index (χ2v) is 25.0. The van der Waals surface area contributed by atoms with E-state index < -0.39 is 13.3 Å². The van der Waals surface area contributed by atoms with E-state index in [0.717, 1.165) is 6.42 Å². The van der Waals surface area contributed by atoms with Crippen molar-refractivity contribution < 1.29 is 4.57 Å². The molecule has 1 nitrogen and oxygen atoms in total. The summed E-state index contributed by atoms with van der Waals surface area (Å²) in [6.45, 7) is 11.7. The number of aryl methyl sites for hydroxylation is 3. The molecular formula is C34H38GeNS+. The summed E-state index contributed by atoms with van der Waals surface area (Å²) in [4.78, 5) is 2.85. The predicted molar refractivity (Wildman–Crippen MR) is 165 cm³/mol. The van der Waals surface area contributed by atoms with Gasteiger partial charge in [-0.2, -0.15) is 0 Å². The van der Waals surface area contributed by atoms with Crippen molar-refractivity contribution in [2.24, 2.45) is 12.5 Å². The second kappa shape index (κ2) is 8.35. The third kappa shape index (κ3) is 4.03. The zero-order chi connectivity index (χ0) is 26.4. The fourth-order valence-corrected chi connectivity index (χ4v) is 9.93. The minimum atomic E-state index is -1.95. The van der Waals surface area contributed by atoms with Crippen LogP contribution < -0.4 is 8.96 Å². The van der Waals surface area contributed by atoms with E-state index in [0.29, 0.717) is 0 Å². The Labute approximate surface area is 228 Å². The van der Waals surface area contributed by atoms with Crippen LogP contribution in [-0.2, 0) is 13.5 Å². The van der Waals surface area contributed by atoms with E-state index in [2.05, 4.69) is 118 Å². The monoisotopic (exact) mass is 566 g/mol. The number of rotatable bonds is 2. The number of hydrogen-bond donors (Lipinski definition) is 0. The van der Waals surface area contributed by atoms with Crippen LogP contribution >= 0.6 is 11.8 Å². The van der Waals surface area contributed by atoms with E-state index in [4.69, 9.17) is 0 Å². The summed E-state index contributed by atoms with van der Waals surface area (Å²) >= 11 is 0.0566. The van der Waals surface area contributed by atoms with Crippen LogP contribution in [-0.4, -0.2) is 13.3 Å². The third-order valence-electron chi connectivity index (χ3n) is 8.00. The average Bonchev–Trinajstić information content (AvgIpc) is 2.81. The van der Waals surface area contributed by atoms with Crippen molar-refractivity contribution in [3.63, 3.8) is 0 Å². The van der Waals surface area contributed by atoms with Crippen molar-refractivity contribution in [2.45, 2.75) is 68.1 Å². The zero-order valence-corrected chi connectivity index (χ0v) is 26.7. The number of hydrogen-bond acceptors (Lipinski definition) is 1. The topological polar surface area (TPSA) is 3.88 Å². The van der Waals surface area contributed by atoms with Gasteiger partial charge in [-0.25, -0.2) is 0 Å². The van der Waals surface area contributed by atoms with Crippen LogP contribution in [0.15, 0.2) is 64.5 Å². The molecule has 188 valence electrons. The summed E-state index contributed by atoms with van der Waals surface area (Å²) in [6.07, 6.45) is 3.35. The Morgan fingerprint density at radius 2 is 1.59 bits per heavy atom. The third-order valence-corrected chi connectivity index (χ3v) is 13.5. The first-order valence-corrected chi connectivity index (χ1v) is 21.6. The van der Waals surface area contributed by atoms with Crippen LogP contribution in [0.5, 0.6) is 0 Å². The molecule has 0 aliphatic carbocycles. The average molecular weight is 565 g/mol. The summed E-state index contributed by atoms with van der Waals surface area (Å²) in [5.41, 5.74) is 7.26. The quantitative estimate of drug-likeness (QED) is 0.115. The molecule has 0 saturated heterocycles. The van der Waals surface area contributed by atoms with Crippen molar-refractivity contribution in [3.8, 4) is 11.3 Å². The van der Waals surface area contributed by atoms with Crippen molar-refractivity contribution in [3.05, 3.63) is 71.4 Å². The predicted octanol–water partition coefficient (Wildman–Crippen LogP) is 8.85. The van der Waals surface area contributed by atoms with Gasteiger partial charge < -0.3 is 0 Å². The molecule has 0 atom stereocenters. The van der Waals surface area contributed by atoms with E-state index in [1.165, 1.54) is 70.1 Å². The number of pyridine rings is 1. The molecule has 0 unspecified atom stereocenters. The van der Waals surface area contributed by atoms with Gasteiger partial charge in [-0.05, 0) is 0 Å². The van der Waals surface area contributed by atoms with Crippen LogP contribution in [0.2, 0.25) is 17.3 Å². The molecule has 0 N–H and O–H groups in total. The molecule has 0 saturated carbocycles. The van der Waals surface area contributed by atoms with E-state index in [-0.39, 0.29) is 5.41 Å². The molecule has 0 radical (unpaired) electrons. The van der Waals surface area contributed by atoms with Gasteiger partial charge in [0.15, 0.2) is 0 Å². The molecule has 5 aromatic rings. The first-order valence-electron chi connectivity index (χ1n) is 13.5. The van der Waals surface area contributed by atoms with Crippen LogP contribution in [0.1, 0.15) is 37.5 Å². The van der Waals surface area contributed by atoms with Gasteiger partial charge in [0.05, 0.1) is 0 Å². The molecule has 0 bridgehead atoms. The molecule has 3 heteroatoms. The van der Waals surface area contributed by atoms with Gasteiger partial charge >= 0.3 is 230 Å². The summed E-state index contributed by atoms with van der Waals surface area (Å²) in [5.74, 6) is 7.47. The standard InChI is InChI=1S/C34H38GeNS/c1-20-10-13-24-26(16-20)21(2)30-32-31-25(14-15-36(32)9)27-18-23(35(6,7)8)12-11-22(27)17-29(31)37-33(30)28(24)19-34(3,4)5/h10-18H,19H2,1-9H3/q+1. The number of aromatic nitrogens is 1. The Balaban J connectivity index is 1.78. The van der Waals surface area contributed by atoms with Gasteiger partial charge in [-0.3, -0.25) is 0 Å². The summed E-state index contributed by atoms with van der Waals surface area (Å²) in [5, 5.41) is 8.41. The van der Waals surface area contributed by atoms with Gasteiger partial charge in [-0.1, -0.05) is 0 Å². The molecule has 4 aromatic carbocycles. The summed E-state index contributed by atoms with van der Waals surface area (Å²) in [6, 6.07) is 19.2. The van der Waals surface area contributed by atoms with Gasteiger partial charge in [0.1, 0.15) is 0 Å². The van der Waals surface area contributed by atoms with Gasteiger partial charge in [-0.15, -0.1) is 0 Å². The molecule has 0 spiro atoms. The maximum absolute atomic E-state index is 2.51. The molecule has 1 aliphatic heterocycles. The normalized spacial score (nSPS) is 13.5. The Morgan fingerprint density at radius 3 is 2.30 bits per heavy atom. The van der Waals surface area contributed by atoms with Crippen molar-refractivity contribution in [2.75, 3.05) is 0 Å². The SMILES string of the molecule is Cc1ccc2c(CC(C)(C)C)c3c(c(C)c2c1)-c1c2c(cc4cc[c]([Ge]([CH3])([CH3])[CH3])cc4c2cc[n+]1C)S3. The van der Waals surface area contributed by atoms with E-state index >= 15 is 0 Å². The van der Waals surface area contributed by atoms with Crippen molar-refractivity contribution in [1.82, 2.24) is 0 Å². The van der Waals surface area contributed by atoms with Crippen LogP contribution in [0.25, 0.3) is 43.6 Å². The zero-order valence-electron chi connectivity index (χ0n) is 23.8. The molecule has 6 rings (SSSR count). The minimum absolute atomic E-state index is 0.202. The molecule has 37 heavy (non-hydrogen) atoms. The molecular weight excluding hydrogens is 527 g/mol. The molecule has 0 amide bonds. The van der Waals surface area contributed by atoms with Gasteiger partial charge in [0, 0.05) is 0 Å².